The maximum atomic E-state index is 11.4. The largest absolute Gasteiger partial charge is 0.356 e. The van der Waals surface area contributed by atoms with Gasteiger partial charge in [0.15, 0.2) is 0 Å². The highest BCUT2D eigenvalue weighted by atomic mass is 16.2. The fourth-order valence-corrected chi connectivity index (χ4v) is 2.32. The van der Waals surface area contributed by atoms with E-state index in [1.54, 1.807) is 0 Å². The summed E-state index contributed by atoms with van der Waals surface area (Å²) in [5.41, 5.74) is 0. The maximum Gasteiger partial charge on any atom is 0.224 e. The standard InChI is InChI=1S/C9H16N2O/c1-11-5-3-7-2-4-10-9(12)8(7)6-11/h7-8H,2-6H2,1H3,(H,10,12)/t7-,8+/m1/s1. The zero-order valence-corrected chi connectivity index (χ0v) is 7.55. The smallest absolute Gasteiger partial charge is 0.224 e. The minimum absolute atomic E-state index is 0.275. The molecule has 0 aromatic rings. The summed E-state index contributed by atoms with van der Waals surface area (Å²) in [5.74, 6) is 1.21. The number of carbonyl (C=O) groups excluding carboxylic acids is 1. The Kier molecular flexibility index (Phi) is 2.05. The molecule has 0 unspecified atom stereocenters. The molecule has 0 saturated carbocycles. The van der Waals surface area contributed by atoms with Gasteiger partial charge in [-0.15, -0.1) is 0 Å². The molecule has 0 aromatic heterocycles. The van der Waals surface area contributed by atoms with Crippen molar-refractivity contribution in [2.45, 2.75) is 12.8 Å². The minimum Gasteiger partial charge on any atom is -0.356 e. The van der Waals surface area contributed by atoms with Crippen LogP contribution in [0.5, 0.6) is 0 Å². The number of fused-ring (bicyclic) bond motifs is 1. The predicted molar refractivity (Wildman–Crippen MR) is 46.7 cm³/mol. The second-order valence-corrected chi connectivity index (χ2v) is 4.00. The number of nitrogens with one attached hydrogen (secondary N) is 1. The molecule has 1 amide bonds. The van der Waals surface area contributed by atoms with Crippen LogP contribution in [0, 0.1) is 11.8 Å². The van der Waals surface area contributed by atoms with E-state index in [9.17, 15) is 4.79 Å². The lowest BCUT2D eigenvalue weighted by Crippen LogP contribution is -2.50. The monoisotopic (exact) mass is 168 g/mol. The van der Waals surface area contributed by atoms with E-state index in [1.807, 2.05) is 0 Å². The fraction of sp³-hybridized carbons (Fsp3) is 0.889. The van der Waals surface area contributed by atoms with Gasteiger partial charge >= 0.3 is 0 Å². The summed E-state index contributed by atoms with van der Waals surface area (Å²) in [6.07, 6.45) is 2.39. The van der Waals surface area contributed by atoms with E-state index in [0.717, 1.165) is 19.6 Å². The summed E-state index contributed by atoms with van der Waals surface area (Å²) in [7, 11) is 2.10. The second-order valence-electron chi connectivity index (χ2n) is 4.00. The first-order valence-corrected chi connectivity index (χ1v) is 4.73. The molecule has 3 nitrogen and oxygen atoms in total. The zero-order chi connectivity index (χ0) is 8.55. The molecule has 68 valence electrons. The van der Waals surface area contributed by atoms with Crippen molar-refractivity contribution in [2.24, 2.45) is 11.8 Å². The molecule has 0 bridgehead atoms. The van der Waals surface area contributed by atoms with Crippen LogP contribution in [0.2, 0.25) is 0 Å². The second kappa shape index (κ2) is 3.05. The number of rotatable bonds is 0. The van der Waals surface area contributed by atoms with Crippen LogP contribution in [0.3, 0.4) is 0 Å². The van der Waals surface area contributed by atoms with Crippen molar-refractivity contribution in [1.82, 2.24) is 10.2 Å². The average molecular weight is 168 g/mol. The van der Waals surface area contributed by atoms with Crippen molar-refractivity contribution in [1.29, 1.82) is 0 Å². The van der Waals surface area contributed by atoms with Gasteiger partial charge in [0.1, 0.15) is 0 Å². The molecule has 2 saturated heterocycles. The molecule has 1 N–H and O–H groups in total. The molecule has 0 radical (unpaired) electrons. The zero-order valence-electron chi connectivity index (χ0n) is 7.55. The summed E-state index contributed by atoms with van der Waals surface area (Å²) in [4.78, 5) is 13.7. The van der Waals surface area contributed by atoms with Gasteiger partial charge in [-0.1, -0.05) is 0 Å². The number of hydrogen-bond acceptors (Lipinski definition) is 2. The highest BCUT2D eigenvalue weighted by Gasteiger charge is 2.35. The number of piperidine rings is 2. The van der Waals surface area contributed by atoms with Crippen LogP contribution in [0.4, 0.5) is 0 Å². The minimum atomic E-state index is 0.275. The van der Waals surface area contributed by atoms with E-state index < -0.39 is 0 Å². The van der Waals surface area contributed by atoms with Gasteiger partial charge in [0, 0.05) is 13.1 Å². The molecule has 0 aliphatic carbocycles. The summed E-state index contributed by atoms with van der Waals surface area (Å²) in [6.45, 7) is 3.01. The van der Waals surface area contributed by atoms with Crippen LogP contribution in [-0.2, 0) is 4.79 Å². The van der Waals surface area contributed by atoms with Crippen LogP contribution in [0.25, 0.3) is 0 Å². The summed E-state index contributed by atoms with van der Waals surface area (Å²) in [5, 5.41) is 2.94. The van der Waals surface area contributed by atoms with Crippen molar-refractivity contribution in [3.05, 3.63) is 0 Å². The number of nitrogens with zero attached hydrogens (tertiary/aromatic N) is 1. The molecule has 3 heteroatoms. The molecule has 2 heterocycles. The Bertz CT molecular complexity index is 193. The van der Waals surface area contributed by atoms with Crippen molar-refractivity contribution in [2.75, 3.05) is 26.7 Å². The molecular formula is C9H16N2O. The predicted octanol–water partition coefficient (Wildman–Crippen LogP) is 0.0742. The van der Waals surface area contributed by atoms with E-state index in [4.69, 9.17) is 0 Å². The molecule has 2 rings (SSSR count). The highest BCUT2D eigenvalue weighted by Crippen LogP contribution is 2.27. The summed E-state index contributed by atoms with van der Waals surface area (Å²) >= 11 is 0. The first-order valence-electron chi connectivity index (χ1n) is 4.73. The fourth-order valence-electron chi connectivity index (χ4n) is 2.32. The van der Waals surface area contributed by atoms with Crippen molar-refractivity contribution >= 4 is 5.91 Å². The van der Waals surface area contributed by atoms with Crippen molar-refractivity contribution < 1.29 is 4.79 Å². The van der Waals surface area contributed by atoms with Gasteiger partial charge in [0.2, 0.25) is 5.91 Å². The lowest BCUT2D eigenvalue weighted by Gasteiger charge is -2.38. The third-order valence-corrected chi connectivity index (χ3v) is 3.11. The third kappa shape index (κ3) is 1.33. The van der Waals surface area contributed by atoms with Gasteiger partial charge in [-0.05, 0) is 32.4 Å². The van der Waals surface area contributed by atoms with E-state index in [1.165, 1.54) is 12.8 Å². The molecule has 2 atom stereocenters. The van der Waals surface area contributed by atoms with Crippen molar-refractivity contribution in [3.63, 3.8) is 0 Å². The van der Waals surface area contributed by atoms with Crippen LogP contribution < -0.4 is 5.32 Å². The van der Waals surface area contributed by atoms with Gasteiger partial charge in [0.05, 0.1) is 5.92 Å². The molecule has 12 heavy (non-hydrogen) atoms. The Morgan fingerprint density at radius 3 is 3.17 bits per heavy atom. The van der Waals surface area contributed by atoms with Gasteiger partial charge < -0.3 is 10.2 Å². The highest BCUT2D eigenvalue weighted by molar-refractivity contribution is 5.80. The van der Waals surface area contributed by atoms with Gasteiger partial charge in [-0.3, -0.25) is 4.79 Å². The molecular weight excluding hydrogens is 152 g/mol. The van der Waals surface area contributed by atoms with Crippen LogP contribution >= 0.6 is 0 Å². The molecule has 2 aliphatic rings. The molecule has 2 aliphatic heterocycles. The van der Waals surface area contributed by atoms with Gasteiger partial charge in [-0.2, -0.15) is 0 Å². The lowest BCUT2D eigenvalue weighted by atomic mass is 9.80. The van der Waals surface area contributed by atoms with Gasteiger partial charge in [-0.25, -0.2) is 0 Å². The lowest BCUT2D eigenvalue weighted by molar-refractivity contribution is -0.131. The Hall–Kier alpha value is -0.570. The van der Waals surface area contributed by atoms with E-state index in [-0.39, 0.29) is 11.8 Å². The third-order valence-electron chi connectivity index (χ3n) is 3.11. The first kappa shape index (κ1) is 8.05. The number of carbonyl (C=O) groups is 1. The van der Waals surface area contributed by atoms with Crippen LogP contribution in [0.15, 0.2) is 0 Å². The number of amides is 1. The topological polar surface area (TPSA) is 32.3 Å². The maximum absolute atomic E-state index is 11.4. The van der Waals surface area contributed by atoms with E-state index >= 15 is 0 Å². The molecule has 0 spiro atoms. The Labute approximate surface area is 73.1 Å². The Morgan fingerprint density at radius 1 is 1.50 bits per heavy atom. The first-order chi connectivity index (χ1) is 5.77. The summed E-state index contributed by atoms with van der Waals surface area (Å²) < 4.78 is 0. The van der Waals surface area contributed by atoms with Crippen molar-refractivity contribution in [3.8, 4) is 0 Å². The summed E-state index contributed by atoms with van der Waals surface area (Å²) in [6, 6.07) is 0. The van der Waals surface area contributed by atoms with Gasteiger partial charge in [0.25, 0.3) is 0 Å². The molecule has 2 fully saturated rings. The van der Waals surface area contributed by atoms with Crippen LogP contribution in [-0.4, -0.2) is 37.5 Å². The SMILES string of the molecule is CN1CC[C@H]2CCNC(=O)[C@H]2C1. The van der Waals surface area contributed by atoms with Crippen LogP contribution in [0.1, 0.15) is 12.8 Å². The Morgan fingerprint density at radius 2 is 2.33 bits per heavy atom. The molecule has 0 aromatic carbocycles. The van der Waals surface area contributed by atoms with E-state index in [2.05, 4.69) is 17.3 Å². The van der Waals surface area contributed by atoms with E-state index in [0.29, 0.717) is 5.92 Å². The number of likely N-dealkylation sites (tertiary alicyclic amines) is 1. The number of hydrogen-bond donors (Lipinski definition) is 1. The Balaban J connectivity index is 2.05. The normalized spacial score (nSPS) is 37.2. The quantitative estimate of drug-likeness (QED) is 0.555. The average Bonchev–Trinajstić information content (AvgIpc) is 2.07.